The van der Waals surface area contributed by atoms with E-state index in [1.54, 1.807) is 37.5 Å². The quantitative estimate of drug-likeness (QED) is 0.660. The number of allylic oxidation sites excluding steroid dienone is 1. The van der Waals surface area contributed by atoms with Gasteiger partial charge < -0.3 is 14.6 Å². The van der Waals surface area contributed by atoms with Gasteiger partial charge in [-0.1, -0.05) is 24.1 Å². The third-order valence-electron chi connectivity index (χ3n) is 4.13. The molecule has 1 aromatic rings. The number of rotatable bonds is 5. The van der Waals surface area contributed by atoms with Gasteiger partial charge in [0.05, 0.1) is 25.4 Å². The number of carboxylic acids is 1. The number of esters is 1. The molecule has 5 nitrogen and oxygen atoms in total. The van der Waals surface area contributed by atoms with Crippen molar-refractivity contribution in [2.75, 3.05) is 14.2 Å². The Kier molecular flexibility index (Phi) is 6.18. The molecule has 128 valence electrons. The van der Waals surface area contributed by atoms with E-state index in [4.69, 9.17) is 9.47 Å². The van der Waals surface area contributed by atoms with E-state index in [2.05, 4.69) is 0 Å². The van der Waals surface area contributed by atoms with Crippen LogP contribution in [0.5, 0.6) is 5.75 Å². The number of aliphatic carboxylic acids is 1. The van der Waals surface area contributed by atoms with Crippen molar-refractivity contribution in [2.24, 2.45) is 0 Å². The monoisotopic (exact) mass is 330 g/mol. The van der Waals surface area contributed by atoms with Crippen molar-refractivity contribution < 1.29 is 24.2 Å². The molecular weight excluding hydrogens is 308 g/mol. The predicted molar refractivity (Wildman–Crippen MR) is 90.7 cm³/mol. The number of hydrogen-bond donors (Lipinski definition) is 1. The summed E-state index contributed by atoms with van der Waals surface area (Å²) in [6, 6.07) is 7.06. The smallest absolute Gasteiger partial charge is 0.338 e. The molecule has 1 aliphatic rings. The Balaban J connectivity index is 2.50. The topological polar surface area (TPSA) is 72.8 Å². The zero-order valence-corrected chi connectivity index (χ0v) is 14.0. The number of methoxy groups -OCH3 is 2. The molecule has 0 bridgehead atoms. The molecule has 0 unspecified atom stereocenters. The minimum Gasteiger partial charge on any atom is -0.497 e. The number of carbonyl (C=O) groups is 2. The molecule has 0 spiro atoms. The van der Waals surface area contributed by atoms with Crippen LogP contribution in [-0.2, 0) is 14.3 Å². The van der Waals surface area contributed by atoms with E-state index in [0.29, 0.717) is 24.2 Å². The number of carbonyl (C=O) groups excluding carboxylic acids is 1. The minimum absolute atomic E-state index is 0.0809. The number of hydrogen-bond acceptors (Lipinski definition) is 4. The highest BCUT2D eigenvalue weighted by molar-refractivity contribution is 6.10. The van der Waals surface area contributed by atoms with Gasteiger partial charge in [0.2, 0.25) is 0 Å². The fourth-order valence-electron chi connectivity index (χ4n) is 2.90. The number of benzene rings is 1. The van der Waals surface area contributed by atoms with Crippen LogP contribution in [0, 0.1) is 0 Å². The zero-order chi connectivity index (χ0) is 17.5. The summed E-state index contributed by atoms with van der Waals surface area (Å²) in [7, 11) is 2.83. The molecule has 5 heteroatoms. The van der Waals surface area contributed by atoms with Crippen molar-refractivity contribution in [1.82, 2.24) is 0 Å². The summed E-state index contributed by atoms with van der Waals surface area (Å²) >= 11 is 0. The minimum atomic E-state index is -1.09. The van der Waals surface area contributed by atoms with E-state index in [1.165, 1.54) is 7.11 Å². The second-order valence-corrected chi connectivity index (χ2v) is 5.67. The van der Waals surface area contributed by atoms with Crippen LogP contribution in [0.25, 0.3) is 6.08 Å². The Morgan fingerprint density at radius 1 is 1.04 bits per heavy atom. The zero-order valence-electron chi connectivity index (χ0n) is 14.0. The maximum atomic E-state index is 12.2. The van der Waals surface area contributed by atoms with Gasteiger partial charge in [-0.15, -0.1) is 0 Å². The molecule has 1 aliphatic carbocycles. The molecule has 1 saturated carbocycles. The Bertz CT molecular complexity index is 660. The van der Waals surface area contributed by atoms with Gasteiger partial charge in [-0.3, -0.25) is 0 Å². The van der Waals surface area contributed by atoms with Crippen molar-refractivity contribution in [3.05, 3.63) is 46.5 Å². The van der Waals surface area contributed by atoms with Crippen LogP contribution in [0.1, 0.15) is 37.7 Å². The first-order valence-corrected chi connectivity index (χ1v) is 7.96. The Hall–Kier alpha value is -2.56. The van der Waals surface area contributed by atoms with E-state index >= 15 is 0 Å². The van der Waals surface area contributed by atoms with Gasteiger partial charge in [0, 0.05) is 0 Å². The second kappa shape index (κ2) is 8.34. The van der Waals surface area contributed by atoms with Crippen LogP contribution in [-0.4, -0.2) is 31.3 Å². The fourth-order valence-corrected chi connectivity index (χ4v) is 2.90. The summed E-state index contributed by atoms with van der Waals surface area (Å²) in [6.07, 6.45) is 5.96. The molecule has 0 saturated heterocycles. The molecule has 0 aliphatic heterocycles. The van der Waals surface area contributed by atoms with Crippen molar-refractivity contribution in [2.45, 2.75) is 32.1 Å². The van der Waals surface area contributed by atoms with Crippen LogP contribution >= 0.6 is 0 Å². The lowest BCUT2D eigenvalue weighted by molar-refractivity contribution is -0.138. The van der Waals surface area contributed by atoms with Gasteiger partial charge in [0.25, 0.3) is 0 Å². The van der Waals surface area contributed by atoms with Crippen LogP contribution in [0.3, 0.4) is 0 Å². The maximum absolute atomic E-state index is 12.2. The van der Waals surface area contributed by atoms with Crippen LogP contribution in [0.15, 0.2) is 41.0 Å². The van der Waals surface area contributed by atoms with Gasteiger partial charge in [0.15, 0.2) is 0 Å². The van der Waals surface area contributed by atoms with Gasteiger partial charge in [-0.2, -0.15) is 0 Å². The Morgan fingerprint density at radius 2 is 1.67 bits per heavy atom. The molecule has 0 radical (unpaired) electrons. The van der Waals surface area contributed by atoms with E-state index in [1.807, 2.05) is 0 Å². The van der Waals surface area contributed by atoms with E-state index in [-0.39, 0.29) is 11.1 Å². The first-order valence-electron chi connectivity index (χ1n) is 7.96. The van der Waals surface area contributed by atoms with E-state index in [0.717, 1.165) is 24.8 Å². The number of carboxylic acid groups (broad SMARTS) is 1. The predicted octanol–water partition coefficient (Wildman–Crippen LogP) is 3.60. The summed E-state index contributed by atoms with van der Waals surface area (Å²) < 4.78 is 9.93. The molecule has 0 atom stereocenters. The molecular formula is C19H22O5. The second-order valence-electron chi connectivity index (χ2n) is 5.67. The standard InChI is InChI=1S/C19H22O5/c1-23-15-10-8-13(9-11-15)12-16(19(22)24-2)17(18(20)21)14-6-4-3-5-7-14/h8-12H,3-7H2,1-2H3,(H,20,21)/b16-12+. The van der Waals surface area contributed by atoms with Gasteiger partial charge in [-0.25, -0.2) is 9.59 Å². The van der Waals surface area contributed by atoms with Crippen molar-refractivity contribution in [3.63, 3.8) is 0 Å². The highest BCUT2D eigenvalue weighted by Gasteiger charge is 2.25. The van der Waals surface area contributed by atoms with E-state index in [9.17, 15) is 14.7 Å². The van der Waals surface area contributed by atoms with Crippen molar-refractivity contribution >= 4 is 18.0 Å². The van der Waals surface area contributed by atoms with Crippen LogP contribution < -0.4 is 4.74 Å². The molecule has 0 aromatic heterocycles. The molecule has 0 heterocycles. The van der Waals surface area contributed by atoms with Crippen LogP contribution in [0.4, 0.5) is 0 Å². The van der Waals surface area contributed by atoms with Crippen molar-refractivity contribution in [3.8, 4) is 5.75 Å². The largest absolute Gasteiger partial charge is 0.497 e. The normalized spacial score (nSPS) is 14.9. The molecule has 24 heavy (non-hydrogen) atoms. The van der Waals surface area contributed by atoms with E-state index < -0.39 is 11.9 Å². The Morgan fingerprint density at radius 3 is 2.17 bits per heavy atom. The van der Waals surface area contributed by atoms with Gasteiger partial charge in [-0.05, 0) is 49.5 Å². The summed E-state index contributed by atoms with van der Waals surface area (Å²) in [5, 5.41) is 9.67. The number of ether oxygens (including phenoxy) is 2. The van der Waals surface area contributed by atoms with Crippen LogP contribution in [0.2, 0.25) is 0 Å². The SMILES string of the molecule is COC(=O)/C(=C/c1ccc(OC)cc1)C(C(=O)O)=C1CCCCC1. The lowest BCUT2D eigenvalue weighted by Gasteiger charge is -2.18. The third-order valence-corrected chi connectivity index (χ3v) is 4.13. The molecule has 1 aromatic carbocycles. The lowest BCUT2D eigenvalue weighted by atomic mass is 9.87. The summed E-state index contributed by atoms with van der Waals surface area (Å²) in [6.45, 7) is 0. The lowest BCUT2D eigenvalue weighted by Crippen LogP contribution is -2.16. The average Bonchev–Trinajstić information content (AvgIpc) is 2.61. The highest BCUT2D eigenvalue weighted by Crippen LogP contribution is 2.30. The highest BCUT2D eigenvalue weighted by atomic mass is 16.5. The molecule has 1 fully saturated rings. The van der Waals surface area contributed by atoms with Gasteiger partial charge >= 0.3 is 11.9 Å². The summed E-state index contributed by atoms with van der Waals surface area (Å²) in [4.78, 5) is 24.0. The first kappa shape index (κ1) is 17.8. The van der Waals surface area contributed by atoms with Gasteiger partial charge in [0.1, 0.15) is 5.75 Å². The Labute approximate surface area is 141 Å². The first-order chi connectivity index (χ1) is 11.6. The molecule has 2 rings (SSSR count). The van der Waals surface area contributed by atoms with Crippen molar-refractivity contribution in [1.29, 1.82) is 0 Å². The molecule has 0 amide bonds. The maximum Gasteiger partial charge on any atom is 0.338 e. The third kappa shape index (κ3) is 4.25. The molecule has 1 N–H and O–H groups in total. The average molecular weight is 330 g/mol. The summed E-state index contributed by atoms with van der Waals surface area (Å²) in [5.41, 5.74) is 1.70. The summed E-state index contributed by atoms with van der Waals surface area (Å²) in [5.74, 6) is -1.03. The fraction of sp³-hybridized carbons (Fsp3) is 0.368.